The lowest BCUT2D eigenvalue weighted by Gasteiger charge is -2.17. The largest absolute Gasteiger partial charge is 0.481 e. The SMILES string of the molecule is Cc1cccc(C(C)C)c1NC(=O)COc1c(Cl)c(Cl)c(Cl)c(Cl)c1Cl. The molecule has 0 spiro atoms. The third-order valence-corrected chi connectivity index (χ3v) is 5.95. The maximum atomic E-state index is 12.4. The summed E-state index contributed by atoms with van der Waals surface area (Å²) in [6.07, 6.45) is 0. The molecule has 3 nitrogen and oxygen atoms in total. The van der Waals surface area contributed by atoms with Crippen LogP contribution in [0.3, 0.4) is 0 Å². The molecule has 0 saturated heterocycles. The van der Waals surface area contributed by atoms with Gasteiger partial charge < -0.3 is 10.1 Å². The number of carbonyl (C=O) groups is 1. The van der Waals surface area contributed by atoms with Gasteiger partial charge in [0.2, 0.25) is 0 Å². The van der Waals surface area contributed by atoms with Crippen LogP contribution in [0.4, 0.5) is 5.69 Å². The molecule has 0 aliphatic rings. The molecule has 140 valence electrons. The minimum absolute atomic E-state index is 0.00220. The summed E-state index contributed by atoms with van der Waals surface area (Å²) in [6.45, 7) is 5.71. The van der Waals surface area contributed by atoms with Gasteiger partial charge in [0.15, 0.2) is 12.4 Å². The van der Waals surface area contributed by atoms with E-state index in [-0.39, 0.29) is 49.3 Å². The molecule has 2 aromatic rings. The standard InChI is InChI=1S/C18H16Cl5NO2/c1-8(2)10-6-4-5-9(3)17(10)24-11(25)7-26-18-15(22)13(20)12(19)14(21)16(18)23/h4-6,8H,7H2,1-3H3,(H,24,25). The number of ether oxygens (including phenoxy) is 1. The second kappa shape index (κ2) is 8.90. The van der Waals surface area contributed by atoms with Gasteiger partial charge in [-0.05, 0) is 24.0 Å². The van der Waals surface area contributed by atoms with E-state index in [0.29, 0.717) is 0 Å². The molecule has 0 unspecified atom stereocenters. The van der Waals surface area contributed by atoms with Crippen molar-refractivity contribution >= 4 is 69.6 Å². The summed E-state index contributed by atoms with van der Waals surface area (Å²) in [7, 11) is 0. The molecular weight excluding hydrogens is 439 g/mol. The Balaban J connectivity index is 2.19. The van der Waals surface area contributed by atoms with Gasteiger partial charge in [0.25, 0.3) is 5.91 Å². The van der Waals surface area contributed by atoms with Gasteiger partial charge in [0.05, 0.1) is 15.1 Å². The third kappa shape index (κ3) is 4.52. The quantitative estimate of drug-likeness (QED) is 0.377. The number of para-hydroxylation sites is 1. The van der Waals surface area contributed by atoms with Crippen molar-refractivity contribution in [1.82, 2.24) is 0 Å². The molecule has 0 bridgehead atoms. The van der Waals surface area contributed by atoms with Crippen LogP contribution in [-0.4, -0.2) is 12.5 Å². The summed E-state index contributed by atoms with van der Waals surface area (Å²) in [5.41, 5.74) is 2.76. The number of nitrogens with one attached hydrogen (secondary N) is 1. The topological polar surface area (TPSA) is 38.3 Å². The van der Waals surface area contributed by atoms with Crippen LogP contribution in [0.2, 0.25) is 25.1 Å². The monoisotopic (exact) mass is 453 g/mol. The Hall–Kier alpha value is -0.840. The van der Waals surface area contributed by atoms with Crippen molar-refractivity contribution in [2.24, 2.45) is 0 Å². The molecule has 0 atom stereocenters. The van der Waals surface area contributed by atoms with E-state index < -0.39 is 0 Å². The number of hydrogen-bond acceptors (Lipinski definition) is 2. The number of rotatable bonds is 5. The number of benzene rings is 2. The Labute approximate surface area is 177 Å². The highest BCUT2D eigenvalue weighted by atomic mass is 35.5. The van der Waals surface area contributed by atoms with E-state index >= 15 is 0 Å². The lowest BCUT2D eigenvalue weighted by atomic mass is 9.98. The fraction of sp³-hybridized carbons (Fsp3) is 0.278. The van der Waals surface area contributed by atoms with Gasteiger partial charge in [-0.2, -0.15) is 0 Å². The summed E-state index contributed by atoms with van der Waals surface area (Å²) in [5, 5.41) is 2.92. The molecular formula is C18H16Cl5NO2. The molecule has 1 amide bonds. The van der Waals surface area contributed by atoms with Crippen molar-refractivity contribution in [3.63, 3.8) is 0 Å². The number of anilines is 1. The lowest BCUT2D eigenvalue weighted by Crippen LogP contribution is -2.22. The lowest BCUT2D eigenvalue weighted by molar-refractivity contribution is -0.118. The van der Waals surface area contributed by atoms with Gasteiger partial charge in [-0.3, -0.25) is 4.79 Å². The second-order valence-corrected chi connectivity index (χ2v) is 7.82. The van der Waals surface area contributed by atoms with Crippen LogP contribution in [0.25, 0.3) is 0 Å². The van der Waals surface area contributed by atoms with E-state index in [0.717, 1.165) is 16.8 Å². The van der Waals surface area contributed by atoms with Crippen molar-refractivity contribution in [1.29, 1.82) is 0 Å². The van der Waals surface area contributed by atoms with Crippen molar-refractivity contribution in [2.75, 3.05) is 11.9 Å². The van der Waals surface area contributed by atoms with Crippen LogP contribution < -0.4 is 10.1 Å². The highest BCUT2D eigenvalue weighted by Gasteiger charge is 2.21. The van der Waals surface area contributed by atoms with Crippen molar-refractivity contribution in [3.8, 4) is 5.75 Å². The van der Waals surface area contributed by atoms with Crippen LogP contribution in [0.1, 0.15) is 30.9 Å². The molecule has 0 saturated carbocycles. The Morgan fingerprint density at radius 3 is 2.08 bits per heavy atom. The minimum atomic E-state index is -0.365. The fourth-order valence-electron chi connectivity index (χ4n) is 2.37. The molecule has 0 fully saturated rings. The zero-order valence-corrected chi connectivity index (χ0v) is 18.0. The normalized spacial score (nSPS) is 11.0. The van der Waals surface area contributed by atoms with Crippen molar-refractivity contribution < 1.29 is 9.53 Å². The minimum Gasteiger partial charge on any atom is -0.481 e. The predicted molar refractivity (Wildman–Crippen MR) is 111 cm³/mol. The highest BCUT2D eigenvalue weighted by Crippen LogP contribution is 2.48. The zero-order chi connectivity index (χ0) is 19.6. The van der Waals surface area contributed by atoms with Crippen LogP contribution in [0.5, 0.6) is 5.75 Å². The van der Waals surface area contributed by atoms with Gasteiger partial charge in [-0.1, -0.05) is 90.1 Å². The summed E-state index contributed by atoms with van der Waals surface area (Å²) in [5.74, 6) is -0.101. The second-order valence-electron chi connectivity index (χ2n) is 5.93. The molecule has 0 heterocycles. The van der Waals surface area contributed by atoms with Crippen LogP contribution in [-0.2, 0) is 4.79 Å². The van der Waals surface area contributed by atoms with Crippen LogP contribution in [0, 0.1) is 6.92 Å². The summed E-state index contributed by atoms with van der Waals surface area (Å²) in [6, 6.07) is 5.85. The third-order valence-electron chi connectivity index (χ3n) is 3.71. The molecule has 0 aliphatic heterocycles. The summed E-state index contributed by atoms with van der Waals surface area (Å²) < 4.78 is 5.45. The van der Waals surface area contributed by atoms with Crippen LogP contribution in [0.15, 0.2) is 18.2 Å². The van der Waals surface area contributed by atoms with Crippen LogP contribution >= 0.6 is 58.0 Å². The first-order chi connectivity index (χ1) is 12.1. The Bertz CT molecular complexity index is 823. The smallest absolute Gasteiger partial charge is 0.262 e. The summed E-state index contributed by atoms with van der Waals surface area (Å²) >= 11 is 30.1. The molecule has 2 aromatic carbocycles. The molecule has 0 aromatic heterocycles. The Kier molecular flexibility index (Phi) is 7.35. The van der Waals surface area contributed by atoms with Gasteiger partial charge >= 0.3 is 0 Å². The first-order valence-electron chi connectivity index (χ1n) is 7.68. The Morgan fingerprint density at radius 2 is 1.54 bits per heavy atom. The molecule has 1 N–H and O–H groups in total. The highest BCUT2D eigenvalue weighted by molar-refractivity contribution is 6.55. The number of amides is 1. The number of hydrogen-bond donors (Lipinski definition) is 1. The number of aryl methyl sites for hydroxylation is 1. The van der Waals surface area contributed by atoms with Gasteiger partial charge in [-0.15, -0.1) is 0 Å². The first-order valence-corrected chi connectivity index (χ1v) is 9.57. The number of halogens is 5. The first kappa shape index (κ1) is 21.5. The van der Waals surface area contributed by atoms with E-state index in [1.54, 1.807) is 0 Å². The molecule has 0 aliphatic carbocycles. The predicted octanol–water partition coefficient (Wildman–Crippen LogP) is 7.40. The van der Waals surface area contributed by atoms with Crippen molar-refractivity contribution in [3.05, 3.63) is 54.4 Å². The average molecular weight is 456 g/mol. The molecule has 0 radical (unpaired) electrons. The van der Waals surface area contributed by atoms with E-state index in [1.807, 2.05) is 25.1 Å². The average Bonchev–Trinajstić information content (AvgIpc) is 2.59. The Morgan fingerprint density at radius 1 is 1.00 bits per heavy atom. The number of carbonyl (C=O) groups excluding carboxylic acids is 1. The molecule has 26 heavy (non-hydrogen) atoms. The van der Waals surface area contributed by atoms with Gasteiger partial charge in [0, 0.05) is 5.69 Å². The van der Waals surface area contributed by atoms with E-state index in [2.05, 4.69) is 19.2 Å². The van der Waals surface area contributed by atoms with Gasteiger partial charge in [0.1, 0.15) is 10.0 Å². The molecule has 2 rings (SSSR count). The van der Waals surface area contributed by atoms with E-state index in [1.165, 1.54) is 0 Å². The van der Waals surface area contributed by atoms with E-state index in [4.69, 9.17) is 62.7 Å². The van der Waals surface area contributed by atoms with Crippen molar-refractivity contribution in [2.45, 2.75) is 26.7 Å². The zero-order valence-electron chi connectivity index (χ0n) is 14.2. The molecule has 8 heteroatoms. The summed E-state index contributed by atoms with van der Waals surface area (Å²) in [4.78, 5) is 12.4. The van der Waals surface area contributed by atoms with E-state index in [9.17, 15) is 4.79 Å². The fourth-order valence-corrected chi connectivity index (χ4v) is 3.60. The maximum absolute atomic E-state index is 12.4. The maximum Gasteiger partial charge on any atom is 0.262 e. The van der Waals surface area contributed by atoms with Gasteiger partial charge in [-0.25, -0.2) is 0 Å².